The fraction of sp³-hybridized carbons (Fsp3) is 0.533. The Morgan fingerprint density at radius 1 is 1.28 bits per heavy atom. The average Bonchev–Trinajstić information content (AvgIpc) is 2.40. The van der Waals surface area contributed by atoms with Crippen molar-refractivity contribution in [2.75, 3.05) is 31.7 Å². The Labute approximate surface area is 109 Å². The summed E-state index contributed by atoms with van der Waals surface area (Å²) < 4.78 is 5.37. The Hall–Kier alpha value is -1.35. The van der Waals surface area contributed by atoms with Crippen LogP contribution in [-0.4, -0.2) is 32.6 Å². The quantitative estimate of drug-likeness (QED) is 0.766. The van der Waals surface area contributed by atoms with E-state index in [2.05, 4.69) is 11.9 Å². The molecular formula is C15H21NO2. The van der Waals surface area contributed by atoms with Crippen LogP contribution in [0.2, 0.25) is 0 Å². The molecule has 98 valence electrons. The third-order valence-corrected chi connectivity index (χ3v) is 3.59. The van der Waals surface area contributed by atoms with Gasteiger partial charge in [-0.1, -0.05) is 0 Å². The van der Waals surface area contributed by atoms with E-state index in [9.17, 15) is 4.79 Å². The number of hydrogen-bond donors (Lipinski definition) is 0. The molecule has 0 radical (unpaired) electrons. The molecule has 1 fully saturated rings. The monoisotopic (exact) mass is 247 g/mol. The molecule has 1 aliphatic rings. The number of carbonyl (C=O) groups excluding carboxylic acids is 1. The fourth-order valence-corrected chi connectivity index (χ4v) is 2.37. The minimum Gasteiger partial charge on any atom is -0.381 e. The molecule has 0 amide bonds. The van der Waals surface area contributed by atoms with E-state index in [-0.39, 0.29) is 5.78 Å². The van der Waals surface area contributed by atoms with Gasteiger partial charge in [0.05, 0.1) is 0 Å². The van der Waals surface area contributed by atoms with Crippen LogP contribution in [0, 0.1) is 5.92 Å². The van der Waals surface area contributed by atoms with E-state index in [0.717, 1.165) is 44.1 Å². The lowest BCUT2D eigenvalue weighted by Crippen LogP contribution is -2.29. The summed E-state index contributed by atoms with van der Waals surface area (Å²) >= 11 is 0. The Balaban J connectivity index is 1.95. The highest BCUT2D eigenvalue weighted by molar-refractivity contribution is 5.94. The number of hydrogen-bond acceptors (Lipinski definition) is 3. The van der Waals surface area contributed by atoms with Crippen LogP contribution in [0.15, 0.2) is 24.3 Å². The zero-order chi connectivity index (χ0) is 13.0. The van der Waals surface area contributed by atoms with Crippen molar-refractivity contribution in [1.29, 1.82) is 0 Å². The lowest BCUT2D eigenvalue weighted by molar-refractivity contribution is 0.0685. The van der Waals surface area contributed by atoms with Crippen LogP contribution in [0.1, 0.15) is 30.1 Å². The Morgan fingerprint density at radius 3 is 2.44 bits per heavy atom. The molecule has 0 atom stereocenters. The third-order valence-electron chi connectivity index (χ3n) is 3.59. The van der Waals surface area contributed by atoms with Crippen LogP contribution in [0.3, 0.4) is 0 Å². The van der Waals surface area contributed by atoms with E-state index in [1.54, 1.807) is 6.92 Å². The Bertz CT molecular complexity index is 393. The van der Waals surface area contributed by atoms with Gasteiger partial charge in [-0.2, -0.15) is 0 Å². The summed E-state index contributed by atoms with van der Waals surface area (Å²) in [6, 6.07) is 7.85. The lowest BCUT2D eigenvalue weighted by atomic mass is 9.99. The van der Waals surface area contributed by atoms with Gasteiger partial charge in [-0.05, 0) is 49.9 Å². The summed E-state index contributed by atoms with van der Waals surface area (Å²) in [5.74, 6) is 0.838. The van der Waals surface area contributed by atoms with E-state index >= 15 is 0 Å². The smallest absolute Gasteiger partial charge is 0.159 e. The Kier molecular flexibility index (Phi) is 4.37. The number of ketones is 1. The van der Waals surface area contributed by atoms with Crippen molar-refractivity contribution in [3.63, 3.8) is 0 Å². The first-order valence-electron chi connectivity index (χ1n) is 6.56. The molecule has 1 heterocycles. The molecule has 0 aromatic heterocycles. The SMILES string of the molecule is CC(=O)c1ccc(N(C)CC2CCOCC2)cc1. The van der Waals surface area contributed by atoms with Crippen molar-refractivity contribution in [1.82, 2.24) is 0 Å². The number of anilines is 1. The van der Waals surface area contributed by atoms with E-state index in [1.807, 2.05) is 24.3 Å². The molecule has 1 saturated heterocycles. The second kappa shape index (κ2) is 6.01. The molecule has 0 aliphatic carbocycles. The molecule has 0 bridgehead atoms. The van der Waals surface area contributed by atoms with Gasteiger partial charge in [0.15, 0.2) is 5.78 Å². The van der Waals surface area contributed by atoms with Gasteiger partial charge in [0.25, 0.3) is 0 Å². The summed E-state index contributed by atoms with van der Waals surface area (Å²) in [6.45, 7) is 4.44. The molecule has 0 unspecified atom stereocenters. The second-order valence-corrected chi connectivity index (χ2v) is 5.04. The molecular weight excluding hydrogens is 226 g/mol. The van der Waals surface area contributed by atoms with Crippen LogP contribution in [0.5, 0.6) is 0 Å². The second-order valence-electron chi connectivity index (χ2n) is 5.04. The molecule has 2 rings (SSSR count). The average molecular weight is 247 g/mol. The van der Waals surface area contributed by atoms with E-state index in [0.29, 0.717) is 0 Å². The first-order chi connectivity index (χ1) is 8.66. The van der Waals surface area contributed by atoms with Crippen LogP contribution < -0.4 is 4.90 Å². The van der Waals surface area contributed by atoms with Gasteiger partial charge in [-0.15, -0.1) is 0 Å². The van der Waals surface area contributed by atoms with Crippen molar-refractivity contribution in [2.45, 2.75) is 19.8 Å². The van der Waals surface area contributed by atoms with E-state index < -0.39 is 0 Å². The molecule has 18 heavy (non-hydrogen) atoms. The zero-order valence-corrected chi connectivity index (χ0v) is 11.2. The van der Waals surface area contributed by atoms with Crippen molar-refractivity contribution in [2.24, 2.45) is 5.92 Å². The van der Waals surface area contributed by atoms with Crippen LogP contribution in [0.25, 0.3) is 0 Å². The summed E-state index contributed by atoms with van der Waals surface area (Å²) in [7, 11) is 2.11. The number of ether oxygens (including phenoxy) is 1. The van der Waals surface area contributed by atoms with Gasteiger partial charge < -0.3 is 9.64 Å². The lowest BCUT2D eigenvalue weighted by Gasteiger charge is -2.28. The molecule has 0 N–H and O–H groups in total. The normalized spacial score (nSPS) is 16.6. The minimum atomic E-state index is 0.119. The van der Waals surface area contributed by atoms with E-state index in [4.69, 9.17) is 4.74 Å². The zero-order valence-electron chi connectivity index (χ0n) is 11.2. The standard InChI is InChI=1S/C15H21NO2/c1-12(17)14-3-5-15(6-4-14)16(2)11-13-7-9-18-10-8-13/h3-6,13H,7-11H2,1-2H3. The van der Waals surface area contributed by atoms with Crippen molar-refractivity contribution >= 4 is 11.5 Å². The first kappa shape index (κ1) is 13.1. The van der Waals surface area contributed by atoms with Crippen molar-refractivity contribution < 1.29 is 9.53 Å². The van der Waals surface area contributed by atoms with Crippen LogP contribution in [-0.2, 0) is 4.74 Å². The number of nitrogens with zero attached hydrogens (tertiary/aromatic N) is 1. The summed E-state index contributed by atoms with van der Waals surface area (Å²) in [4.78, 5) is 13.5. The molecule has 0 saturated carbocycles. The van der Waals surface area contributed by atoms with Gasteiger partial charge in [0.2, 0.25) is 0 Å². The number of benzene rings is 1. The fourth-order valence-electron chi connectivity index (χ4n) is 2.37. The van der Waals surface area contributed by atoms with Gasteiger partial charge in [0.1, 0.15) is 0 Å². The predicted molar refractivity (Wildman–Crippen MR) is 73.3 cm³/mol. The maximum Gasteiger partial charge on any atom is 0.159 e. The van der Waals surface area contributed by atoms with Crippen molar-refractivity contribution in [3.05, 3.63) is 29.8 Å². The third kappa shape index (κ3) is 3.33. The van der Waals surface area contributed by atoms with Crippen molar-refractivity contribution in [3.8, 4) is 0 Å². The molecule has 1 aromatic carbocycles. The first-order valence-corrected chi connectivity index (χ1v) is 6.56. The van der Waals surface area contributed by atoms with Gasteiger partial charge in [-0.25, -0.2) is 0 Å². The van der Waals surface area contributed by atoms with Crippen LogP contribution >= 0.6 is 0 Å². The number of rotatable bonds is 4. The Morgan fingerprint density at radius 2 is 1.89 bits per heavy atom. The van der Waals surface area contributed by atoms with E-state index in [1.165, 1.54) is 5.69 Å². The molecule has 3 heteroatoms. The molecule has 3 nitrogen and oxygen atoms in total. The molecule has 1 aliphatic heterocycles. The van der Waals surface area contributed by atoms with Gasteiger partial charge in [0, 0.05) is 38.1 Å². The highest BCUT2D eigenvalue weighted by atomic mass is 16.5. The predicted octanol–water partition coefficient (Wildman–Crippen LogP) is 2.75. The highest BCUT2D eigenvalue weighted by Gasteiger charge is 2.16. The molecule has 1 aromatic rings. The molecule has 0 spiro atoms. The summed E-state index contributed by atoms with van der Waals surface area (Å²) in [6.07, 6.45) is 2.30. The summed E-state index contributed by atoms with van der Waals surface area (Å²) in [5, 5.41) is 0. The van der Waals surface area contributed by atoms with Gasteiger partial charge >= 0.3 is 0 Å². The maximum atomic E-state index is 11.2. The van der Waals surface area contributed by atoms with Gasteiger partial charge in [-0.3, -0.25) is 4.79 Å². The topological polar surface area (TPSA) is 29.5 Å². The maximum absolute atomic E-state index is 11.2. The largest absolute Gasteiger partial charge is 0.381 e. The minimum absolute atomic E-state index is 0.119. The number of Topliss-reactive ketones (excluding diaryl/α,β-unsaturated/α-hetero) is 1. The summed E-state index contributed by atoms with van der Waals surface area (Å²) in [5.41, 5.74) is 1.95. The highest BCUT2D eigenvalue weighted by Crippen LogP contribution is 2.20. The van der Waals surface area contributed by atoms with Crippen LogP contribution in [0.4, 0.5) is 5.69 Å². The number of carbonyl (C=O) groups is 1.